The molecule has 1 N–H and O–H groups in total. The van der Waals surface area contributed by atoms with Crippen LogP contribution in [0.4, 0.5) is 0 Å². The van der Waals surface area contributed by atoms with Crippen molar-refractivity contribution in [2.24, 2.45) is 0 Å². The Bertz CT molecular complexity index is 708. The van der Waals surface area contributed by atoms with Crippen LogP contribution in [0.15, 0.2) is 35.7 Å². The number of hydrogen-bond acceptors (Lipinski definition) is 4. The van der Waals surface area contributed by atoms with Gasteiger partial charge in [0.05, 0.1) is 19.3 Å². The summed E-state index contributed by atoms with van der Waals surface area (Å²) < 4.78 is 5.50. The molecule has 4 nitrogen and oxygen atoms in total. The molecule has 1 saturated heterocycles. The Balaban J connectivity index is 1.76. The van der Waals surface area contributed by atoms with E-state index < -0.39 is 0 Å². The molecule has 0 spiro atoms. The Morgan fingerprint density at radius 2 is 1.96 bits per heavy atom. The van der Waals surface area contributed by atoms with E-state index in [4.69, 9.17) is 4.74 Å². The van der Waals surface area contributed by atoms with Gasteiger partial charge in [-0.05, 0) is 55.5 Å². The maximum Gasteiger partial charge on any atom is 0.251 e. The molecule has 1 aromatic carbocycles. The van der Waals surface area contributed by atoms with E-state index in [9.17, 15) is 4.79 Å². The minimum atomic E-state index is -0.00887. The molecule has 0 saturated carbocycles. The number of rotatable bonds is 5. The second-order valence-electron chi connectivity index (χ2n) is 6.67. The molecule has 0 aliphatic carbocycles. The fourth-order valence-electron chi connectivity index (χ4n) is 3.31. The molecule has 5 heteroatoms. The maximum absolute atomic E-state index is 12.7. The minimum absolute atomic E-state index is 0.00887. The molecule has 2 heterocycles. The fourth-order valence-corrected chi connectivity index (χ4v) is 4.27. The summed E-state index contributed by atoms with van der Waals surface area (Å²) in [7, 11) is 0. The number of thiophene rings is 1. The zero-order valence-corrected chi connectivity index (χ0v) is 15.9. The van der Waals surface area contributed by atoms with Gasteiger partial charge in [0, 0.05) is 29.6 Å². The van der Waals surface area contributed by atoms with Gasteiger partial charge in [0.15, 0.2) is 0 Å². The van der Waals surface area contributed by atoms with E-state index in [2.05, 4.69) is 41.6 Å². The number of amides is 1. The van der Waals surface area contributed by atoms with Crippen molar-refractivity contribution in [3.63, 3.8) is 0 Å². The van der Waals surface area contributed by atoms with Crippen LogP contribution in [0.25, 0.3) is 0 Å². The Morgan fingerprint density at radius 3 is 2.60 bits per heavy atom. The molecule has 134 valence electrons. The largest absolute Gasteiger partial charge is 0.379 e. The summed E-state index contributed by atoms with van der Waals surface area (Å²) in [5.74, 6) is -0.00887. The average Bonchev–Trinajstić information content (AvgIpc) is 3.12. The smallest absolute Gasteiger partial charge is 0.251 e. The summed E-state index contributed by atoms with van der Waals surface area (Å²) in [6.45, 7) is 9.49. The third kappa shape index (κ3) is 4.29. The number of benzene rings is 1. The average molecular weight is 359 g/mol. The van der Waals surface area contributed by atoms with Crippen molar-refractivity contribution in [3.8, 4) is 0 Å². The van der Waals surface area contributed by atoms with Gasteiger partial charge in [-0.1, -0.05) is 12.1 Å². The first-order valence-corrected chi connectivity index (χ1v) is 9.67. The number of hydrogen-bond donors (Lipinski definition) is 1. The van der Waals surface area contributed by atoms with Crippen LogP contribution in [-0.4, -0.2) is 43.2 Å². The predicted molar refractivity (Wildman–Crippen MR) is 102 cm³/mol. The van der Waals surface area contributed by atoms with Gasteiger partial charge in [0.25, 0.3) is 5.91 Å². The van der Waals surface area contributed by atoms with Crippen LogP contribution in [0.1, 0.15) is 39.3 Å². The van der Waals surface area contributed by atoms with Crippen molar-refractivity contribution < 1.29 is 9.53 Å². The highest BCUT2D eigenvalue weighted by Crippen LogP contribution is 2.29. The molecule has 1 fully saturated rings. The summed E-state index contributed by atoms with van der Waals surface area (Å²) in [4.78, 5) is 16.4. The predicted octanol–water partition coefficient (Wildman–Crippen LogP) is 3.56. The van der Waals surface area contributed by atoms with Crippen molar-refractivity contribution in [2.75, 3.05) is 26.3 Å². The molecule has 1 aromatic heterocycles. The van der Waals surface area contributed by atoms with Crippen molar-refractivity contribution in [1.29, 1.82) is 0 Å². The van der Waals surface area contributed by atoms with Gasteiger partial charge in [-0.25, -0.2) is 0 Å². The highest BCUT2D eigenvalue weighted by Gasteiger charge is 2.29. The summed E-state index contributed by atoms with van der Waals surface area (Å²) in [5, 5.41) is 5.31. The van der Waals surface area contributed by atoms with Crippen LogP contribution >= 0.6 is 11.3 Å². The van der Waals surface area contributed by atoms with Crippen molar-refractivity contribution >= 4 is 17.2 Å². The van der Waals surface area contributed by atoms with Gasteiger partial charge >= 0.3 is 0 Å². The van der Waals surface area contributed by atoms with E-state index in [1.807, 2.05) is 25.1 Å². The molecular weight excluding hydrogens is 332 g/mol. The van der Waals surface area contributed by atoms with Crippen molar-refractivity contribution in [3.05, 3.63) is 57.3 Å². The Morgan fingerprint density at radius 1 is 1.20 bits per heavy atom. The molecule has 0 bridgehead atoms. The van der Waals surface area contributed by atoms with Gasteiger partial charge in [-0.15, -0.1) is 11.3 Å². The third-order valence-electron chi connectivity index (χ3n) is 4.88. The summed E-state index contributed by atoms with van der Waals surface area (Å²) in [5.41, 5.74) is 3.07. The molecule has 1 amide bonds. The Labute approximate surface area is 153 Å². The number of ether oxygens (including phenoxy) is 1. The number of carbonyl (C=O) groups is 1. The molecule has 0 unspecified atom stereocenters. The monoisotopic (exact) mass is 358 g/mol. The zero-order valence-electron chi connectivity index (χ0n) is 15.1. The van der Waals surface area contributed by atoms with Crippen LogP contribution in [0.2, 0.25) is 0 Å². The number of nitrogens with zero attached hydrogens (tertiary/aromatic N) is 1. The molecule has 25 heavy (non-hydrogen) atoms. The summed E-state index contributed by atoms with van der Waals surface area (Å²) >= 11 is 1.75. The van der Waals surface area contributed by atoms with Crippen LogP contribution in [0, 0.1) is 13.8 Å². The van der Waals surface area contributed by atoms with Crippen molar-refractivity contribution in [1.82, 2.24) is 10.2 Å². The van der Waals surface area contributed by atoms with Crippen LogP contribution in [0.5, 0.6) is 0 Å². The van der Waals surface area contributed by atoms with Gasteiger partial charge < -0.3 is 10.1 Å². The first-order chi connectivity index (χ1) is 12.1. The third-order valence-corrected chi connectivity index (χ3v) is 5.82. The SMILES string of the molecule is Cc1ccc(C(=O)N[C@H](C)[C@@H](c2cccs2)N2CCOCC2)cc1C. The molecule has 3 rings (SSSR count). The normalized spacial score (nSPS) is 17.9. The van der Waals surface area contributed by atoms with Crippen LogP contribution in [-0.2, 0) is 4.74 Å². The van der Waals surface area contributed by atoms with E-state index in [-0.39, 0.29) is 18.0 Å². The van der Waals surface area contributed by atoms with Crippen LogP contribution in [0.3, 0.4) is 0 Å². The quantitative estimate of drug-likeness (QED) is 0.889. The first kappa shape index (κ1) is 18.1. The van der Waals surface area contributed by atoms with E-state index >= 15 is 0 Å². The standard InChI is InChI=1S/C20H26N2O2S/c1-14-6-7-17(13-15(14)2)20(23)21-16(3)19(18-5-4-12-25-18)22-8-10-24-11-9-22/h4-7,12-13,16,19H,8-11H2,1-3H3,(H,21,23)/t16-,19+/m1/s1. The van der Waals surface area contributed by atoms with Gasteiger partial charge in [-0.3, -0.25) is 9.69 Å². The van der Waals surface area contributed by atoms with Crippen LogP contribution < -0.4 is 5.32 Å². The molecule has 1 aliphatic heterocycles. The van der Waals surface area contributed by atoms with Crippen molar-refractivity contribution in [2.45, 2.75) is 32.9 Å². The second kappa shape index (κ2) is 8.13. The highest BCUT2D eigenvalue weighted by molar-refractivity contribution is 7.10. The number of morpholine rings is 1. The molecule has 2 aromatic rings. The molecule has 2 atom stereocenters. The van der Waals surface area contributed by atoms with Gasteiger partial charge in [0.1, 0.15) is 0 Å². The lowest BCUT2D eigenvalue weighted by molar-refractivity contribution is 0.00969. The summed E-state index contributed by atoms with van der Waals surface area (Å²) in [6, 6.07) is 10.3. The Kier molecular flexibility index (Phi) is 5.89. The van der Waals surface area contributed by atoms with Gasteiger partial charge in [-0.2, -0.15) is 0 Å². The molecule has 0 radical (unpaired) electrons. The fraction of sp³-hybridized carbons (Fsp3) is 0.450. The lowest BCUT2D eigenvalue weighted by atomic mass is 10.0. The summed E-state index contributed by atoms with van der Waals surface area (Å²) in [6.07, 6.45) is 0. The lowest BCUT2D eigenvalue weighted by Crippen LogP contribution is -2.48. The lowest BCUT2D eigenvalue weighted by Gasteiger charge is -2.37. The first-order valence-electron chi connectivity index (χ1n) is 8.79. The topological polar surface area (TPSA) is 41.6 Å². The number of nitrogens with one attached hydrogen (secondary N) is 1. The van der Waals surface area contributed by atoms with E-state index in [0.29, 0.717) is 0 Å². The highest BCUT2D eigenvalue weighted by atomic mass is 32.1. The molecular formula is C20H26N2O2S. The number of aryl methyl sites for hydroxylation is 2. The molecule has 1 aliphatic rings. The van der Waals surface area contributed by atoms with E-state index in [1.54, 1.807) is 11.3 Å². The second-order valence-corrected chi connectivity index (χ2v) is 7.65. The minimum Gasteiger partial charge on any atom is -0.379 e. The van der Waals surface area contributed by atoms with Gasteiger partial charge in [0.2, 0.25) is 0 Å². The Hall–Kier alpha value is -1.69. The van der Waals surface area contributed by atoms with E-state index in [0.717, 1.165) is 37.4 Å². The zero-order chi connectivity index (χ0) is 17.8. The van der Waals surface area contributed by atoms with E-state index in [1.165, 1.54) is 10.4 Å². The maximum atomic E-state index is 12.7. The number of carbonyl (C=O) groups excluding carboxylic acids is 1.